The second-order valence-corrected chi connectivity index (χ2v) is 5.87. The van der Waals surface area contributed by atoms with E-state index in [4.69, 9.17) is 11.6 Å². The number of rotatable bonds is 7. The first-order valence-electron chi connectivity index (χ1n) is 7.30. The highest BCUT2D eigenvalue weighted by Gasteiger charge is 2.03. The summed E-state index contributed by atoms with van der Waals surface area (Å²) >= 11 is 5.89. The maximum atomic E-state index is 5.89. The fourth-order valence-electron chi connectivity index (χ4n) is 1.99. The molecule has 0 bridgehead atoms. The van der Waals surface area contributed by atoms with Gasteiger partial charge in [-0.05, 0) is 58.3 Å². The molecule has 118 valence electrons. The van der Waals surface area contributed by atoms with Gasteiger partial charge in [0.05, 0.1) is 0 Å². The standard InChI is InChI=1S/C16H22ClN5/c1-12-11-15(18-9-4-10-22(2)3)21-16(19-12)20-14-7-5-13(17)6-8-14/h5-8,11H,4,9-10H2,1-3H3,(H2,18,19,20,21). The van der Waals surface area contributed by atoms with Crippen molar-refractivity contribution >= 4 is 29.1 Å². The third-order valence-electron chi connectivity index (χ3n) is 3.04. The summed E-state index contributed by atoms with van der Waals surface area (Å²) in [5.41, 5.74) is 1.83. The van der Waals surface area contributed by atoms with Crippen LogP contribution in [-0.4, -0.2) is 42.1 Å². The first-order valence-corrected chi connectivity index (χ1v) is 7.67. The molecule has 6 heteroatoms. The van der Waals surface area contributed by atoms with E-state index < -0.39 is 0 Å². The summed E-state index contributed by atoms with van der Waals surface area (Å²) in [5, 5.41) is 7.24. The lowest BCUT2D eigenvalue weighted by Gasteiger charge is -2.12. The van der Waals surface area contributed by atoms with Crippen molar-refractivity contribution in [2.45, 2.75) is 13.3 Å². The summed E-state index contributed by atoms with van der Waals surface area (Å²) in [5.74, 6) is 1.42. The number of aromatic nitrogens is 2. The number of halogens is 1. The van der Waals surface area contributed by atoms with E-state index in [0.717, 1.165) is 36.7 Å². The molecule has 1 aromatic heterocycles. The fraction of sp³-hybridized carbons (Fsp3) is 0.375. The zero-order valence-corrected chi connectivity index (χ0v) is 14.0. The lowest BCUT2D eigenvalue weighted by Crippen LogP contribution is -2.16. The molecule has 1 heterocycles. The molecule has 0 aliphatic carbocycles. The number of nitrogens with one attached hydrogen (secondary N) is 2. The lowest BCUT2D eigenvalue weighted by molar-refractivity contribution is 0.405. The van der Waals surface area contributed by atoms with Gasteiger partial charge in [0.2, 0.25) is 5.95 Å². The zero-order chi connectivity index (χ0) is 15.9. The Kier molecular flexibility index (Phi) is 5.98. The summed E-state index contributed by atoms with van der Waals surface area (Å²) in [4.78, 5) is 11.1. The van der Waals surface area contributed by atoms with Crippen LogP contribution in [0.15, 0.2) is 30.3 Å². The first kappa shape index (κ1) is 16.5. The van der Waals surface area contributed by atoms with Gasteiger partial charge in [-0.15, -0.1) is 0 Å². The van der Waals surface area contributed by atoms with Crippen LogP contribution in [0.3, 0.4) is 0 Å². The van der Waals surface area contributed by atoms with Crippen LogP contribution >= 0.6 is 11.6 Å². The summed E-state index contributed by atoms with van der Waals surface area (Å²) in [6.45, 7) is 3.89. The van der Waals surface area contributed by atoms with Crippen molar-refractivity contribution in [1.29, 1.82) is 0 Å². The van der Waals surface area contributed by atoms with Gasteiger partial charge in [0.1, 0.15) is 5.82 Å². The van der Waals surface area contributed by atoms with E-state index in [1.807, 2.05) is 37.3 Å². The van der Waals surface area contributed by atoms with Crippen molar-refractivity contribution in [3.63, 3.8) is 0 Å². The Balaban J connectivity index is 1.98. The average Bonchev–Trinajstić information content (AvgIpc) is 2.45. The predicted molar refractivity (Wildman–Crippen MR) is 93.2 cm³/mol. The van der Waals surface area contributed by atoms with E-state index in [9.17, 15) is 0 Å². The fourth-order valence-corrected chi connectivity index (χ4v) is 2.12. The van der Waals surface area contributed by atoms with E-state index in [1.165, 1.54) is 0 Å². The van der Waals surface area contributed by atoms with Crippen LogP contribution in [-0.2, 0) is 0 Å². The molecule has 0 unspecified atom stereocenters. The SMILES string of the molecule is Cc1cc(NCCCN(C)C)nc(Nc2ccc(Cl)cc2)n1. The van der Waals surface area contributed by atoms with Gasteiger partial charge >= 0.3 is 0 Å². The topological polar surface area (TPSA) is 53.1 Å². The quantitative estimate of drug-likeness (QED) is 0.764. The van der Waals surface area contributed by atoms with Crippen molar-refractivity contribution in [3.8, 4) is 0 Å². The molecule has 0 radical (unpaired) electrons. The molecular weight excluding hydrogens is 298 g/mol. The largest absolute Gasteiger partial charge is 0.370 e. The van der Waals surface area contributed by atoms with Gasteiger partial charge in [0, 0.05) is 29.0 Å². The molecule has 0 aliphatic heterocycles. The summed E-state index contributed by atoms with van der Waals surface area (Å²) < 4.78 is 0. The number of anilines is 3. The first-order chi connectivity index (χ1) is 10.5. The van der Waals surface area contributed by atoms with Crippen LogP contribution < -0.4 is 10.6 Å². The molecule has 2 N–H and O–H groups in total. The van der Waals surface area contributed by atoms with Crippen LogP contribution in [0.2, 0.25) is 5.02 Å². The van der Waals surface area contributed by atoms with Gasteiger partial charge in [0.25, 0.3) is 0 Å². The maximum Gasteiger partial charge on any atom is 0.229 e. The second-order valence-electron chi connectivity index (χ2n) is 5.43. The molecule has 0 aliphatic rings. The molecular formula is C16H22ClN5. The molecule has 0 fully saturated rings. The van der Waals surface area contributed by atoms with Crippen LogP contribution in [0.25, 0.3) is 0 Å². The molecule has 0 amide bonds. The van der Waals surface area contributed by atoms with E-state index in [-0.39, 0.29) is 0 Å². The number of hydrogen-bond donors (Lipinski definition) is 2. The maximum absolute atomic E-state index is 5.89. The molecule has 22 heavy (non-hydrogen) atoms. The van der Waals surface area contributed by atoms with Gasteiger partial charge < -0.3 is 15.5 Å². The van der Waals surface area contributed by atoms with Gasteiger partial charge in [-0.25, -0.2) is 4.98 Å². The number of hydrogen-bond acceptors (Lipinski definition) is 5. The molecule has 1 aromatic carbocycles. The Morgan fingerprint density at radius 1 is 1.14 bits per heavy atom. The van der Waals surface area contributed by atoms with E-state index in [1.54, 1.807) is 0 Å². The third kappa shape index (κ3) is 5.50. The van der Waals surface area contributed by atoms with E-state index in [0.29, 0.717) is 11.0 Å². The molecule has 2 aromatic rings. The zero-order valence-electron chi connectivity index (χ0n) is 13.2. The minimum Gasteiger partial charge on any atom is -0.370 e. The summed E-state index contributed by atoms with van der Waals surface area (Å²) in [7, 11) is 4.14. The highest BCUT2D eigenvalue weighted by atomic mass is 35.5. The van der Waals surface area contributed by atoms with Crippen LogP contribution in [0.4, 0.5) is 17.5 Å². The van der Waals surface area contributed by atoms with Gasteiger partial charge in [-0.2, -0.15) is 4.98 Å². The molecule has 0 saturated heterocycles. The molecule has 0 saturated carbocycles. The predicted octanol–water partition coefficient (Wildman–Crippen LogP) is 3.55. The van der Waals surface area contributed by atoms with Crippen molar-refractivity contribution < 1.29 is 0 Å². The van der Waals surface area contributed by atoms with Gasteiger partial charge in [-0.1, -0.05) is 11.6 Å². The monoisotopic (exact) mass is 319 g/mol. The number of aryl methyl sites for hydroxylation is 1. The van der Waals surface area contributed by atoms with Crippen LogP contribution in [0.5, 0.6) is 0 Å². The normalized spacial score (nSPS) is 10.8. The minimum absolute atomic E-state index is 0.581. The second kappa shape index (κ2) is 7.96. The van der Waals surface area contributed by atoms with Crippen molar-refractivity contribution in [1.82, 2.24) is 14.9 Å². The Morgan fingerprint density at radius 3 is 2.55 bits per heavy atom. The number of benzene rings is 1. The van der Waals surface area contributed by atoms with E-state index in [2.05, 4.69) is 39.6 Å². The van der Waals surface area contributed by atoms with Crippen LogP contribution in [0, 0.1) is 6.92 Å². The smallest absolute Gasteiger partial charge is 0.229 e. The Bertz CT molecular complexity index is 598. The molecule has 0 atom stereocenters. The van der Waals surface area contributed by atoms with E-state index >= 15 is 0 Å². The molecule has 5 nitrogen and oxygen atoms in total. The molecule has 2 rings (SSSR count). The van der Waals surface area contributed by atoms with Crippen LogP contribution in [0.1, 0.15) is 12.1 Å². The summed E-state index contributed by atoms with van der Waals surface area (Å²) in [6, 6.07) is 9.42. The number of nitrogens with zero attached hydrogens (tertiary/aromatic N) is 3. The Labute approximate surface area is 136 Å². The third-order valence-corrected chi connectivity index (χ3v) is 3.29. The Morgan fingerprint density at radius 2 is 1.86 bits per heavy atom. The van der Waals surface area contributed by atoms with Crippen molar-refractivity contribution in [3.05, 3.63) is 41.0 Å². The summed E-state index contributed by atoms with van der Waals surface area (Å²) in [6.07, 6.45) is 1.07. The average molecular weight is 320 g/mol. The van der Waals surface area contributed by atoms with Crippen molar-refractivity contribution in [2.24, 2.45) is 0 Å². The van der Waals surface area contributed by atoms with Crippen molar-refractivity contribution in [2.75, 3.05) is 37.8 Å². The lowest BCUT2D eigenvalue weighted by atomic mass is 10.3. The highest BCUT2D eigenvalue weighted by molar-refractivity contribution is 6.30. The highest BCUT2D eigenvalue weighted by Crippen LogP contribution is 2.18. The minimum atomic E-state index is 0.581. The Hall–Kier alpha value is -1.85. The van der Waals surface area contributed by atoms with Gasteiger partial charge in [0.15, 0.2) is 0 Å². The molecule has 0 spiro atoms. The van der Waals surface area contributed by atoms with Gasteiger partial charge in [-0.3, -0.25) is 0 Å².